The van der Waals surface area contributed by atoms with Gasteiger partial charge < -0.3 is 24.7 Å². The Labute approximate surface area is 207 Å². The number of H-pyrrole nitrogens is 1. The van der Waals surface area contributed by atoms with Gasteiger partial charge in [-0.05, 0) is 57.9 Å². The Bertz CT molecular complexity index is 1470. The predicted molar refractivity (Wildman–Crippen MR) is 138 cm³/mol. The number of pyridine rings is 2. The molecular formula is C26H30N4O4S. The first-order valence-corrected chi connectivity index (χ1v) is 12.1. The van der Waals surface area contributed by atoms with Crippen LogP contribution in [0, 0.1) is 13.8 Å². The van der Waals surface area contributed by atoms with E-state index in [1.807, 2.05) is 39.2 Å². The monoisotopic (exact) mass is 494 g/mol. The quantitative estimate of drug-likeness (QED) is 0.370. The number of aromatic amines is 1. The Morgan fingerprint density at radius 2 is 1.91 bits per heavy atom. The van der Waals surface area contributed by atoms with Crippen molar-refractivity contribution in [3.05, 3.63) is 68.3 Å². The lowest BCUT2D eigenvalue weighted by Gasteiger charge is -2.19. The van der Waals surface area contributed by atoms with Crippen LogP contribution in [0.4, 0.5) is 0 Å². The number of nitrogens with one attached hydrogen (secondary N) is 2. The molecule has 1 atom stereocenters. The van der Waals surface area contributed by atoms with E-state index in [9.17, 15) is 14.7 Å². The summed E-state index contributed by atoms with van der Waals surface area (Å²) in [5, 5.41) is 14.0. The number of nitrogens with zero attached hydrogens (tertiary/aromatic N) is 2. The molecule has 0 fully saturated rings. The first-order valence-electron chi connectivity index (χ1n) is 11.3. The summed E-state index contributed by atoms with van der Waals surface area (Å²) in [5.74, 6) is 0.282. The molecule has 0 saturated heterocycles. The maximum atomic E-state index is 12.8. The minimum Gasteiger partial charge on any atom is -0.484 e. The third-order valence-electron chi connectivity index (χ3n) is 6.08. The van der Waals surface area contributed by atoms with Gasteiger partial charge in [0.05, 0.1) is 10.5 Å². The molecule has 3 N–H and O–H groups in total. The highest BCUT2D eigenvalue weighted by Gasteiger charge is 2.27. The molecule has 1 unspecified atom stereocenters. The van der Waals surface area contributed by atoms with Gasteiger partial charge in [-0.25, -0.2) is 0 Å². The summed E-state index contributed by atoms with van der Waals surface area (Å²) in [4.78, 5) is 33.8. The van der Waals surface area contributed by atoms with E-state index in [1.54, 1.807) is 33.2 Å². The van der Waals surface area contributed by atoms with E-state index in [-0.39, 0.29) is 17.6 Å². The van der Waals surface area contributed by atoms with Crippen molar-refractivity contribution < 1.29 is 14.6 Å². The van der Waals surface area contributed by atoms with Crippen molar-refractivity contribution in [1.29, 1.82) is 0 Å². The van der Waals surface area contributed by atoms with E-state index in [4.69, 9.17) is 4.74 Å². The molecule has 9 heteroatoms. The summed E-state index contributed by atoms with van der Waals surface area (Å²) in [6, 6.07) is 3.53. The van der Waals surface area contributed by atoms with Crippen LogP contribution in [0.2, 0.25) is 0 Å². The SMILES string of the molecule is CNC(=O)c1cc2c(-c3sc(C(C)(C)O)cc3OC(C)c3c(C)cncc3C)cn(C)c(=O)c2[nH]1. The normalized spacial score (nSPS) is 12.7. The number of thiophene rings is 1. The number of fused-ring (bicyclic) bond motifs is 1. The number of carbonyl (C=O) groups is 1. The summed E-state index contributed by atoms with van der Waals surface area (Å²) in [6.45, 7) is 9.44. The van der Waals surface area contributed by atoms with Crippen LogP contribution in [0.5, 0.6) is 5.75 Å². The van der Waals surface area contributed by atoms with Gasteiger partial charge in [-0.3, -0.25) is 14.6 Å². The van der Waals surface area contributed by atoms with Gasteiger partial charge in [-0.1, -0.05) is 0 Å². The van der Waals surface area contributed by atoms with Crippen LogP contribution in [-0.4, -0.2) is 32.6 Å². The standard InChI is InChI=1S/C26H30N4O4S/c1-13-10-28-11-14(2)21(13)15(3)34-19-9-20(26(4,5)33)35-23(19)17-12-30(7)25(32)22-16(17)8-18(29-22)24(31)27-6/h8-12,15,29,33H,1-7H3,(H,27,31). The third-order valence-corrected chi connectivity index (χ3v) is 7.54. The summed E-state index contributed by atoms with van der Waals surface area (Å²) in [6.07, 6.45) is 5.09. The van der Waals surface area contributed by atoms with Crippen molar-refractivity contribution in [1.82, 2.24) is 19.9 Å². The lowest BCUT2D eigenvalue weighted by Crippen LogP contribution is -2.19. The van der Waals surface area contributed by atoms with Gasteiger partial charge in [0, 0.05) is 54.1 Å². The molecular weight excluding hydrogens is 464 g/mol. The summed E-state index contributed by atoms with van der Waals surface area (Å²) < 4.78 is 7.99. The first kappa shape index (κ1) is 24.7. The number of rotatable bonds is 6. The van der Waals surface area contributed by atoms with Crippen molar-refractivity contribution in [2.75, 3.05) is 7.05 Å². The highest BCUT2D eigenvalue weighted by atomic mass is 32.1. The van der Waals surface area contributed by atoms with E-state index >= 15 is 0 Å². The fraction of sp³-hybridized carbons (Fsp3) is 0.346. The van der Waals surface area contributed by atoms with Gasteiger partial charge in [0.2, 0.25) is 0 Å². The molecule has 1 amide bonds. The van der Waals surface area contributed by atoms with Gasteiger partial charge in [0.25, 0.3) is 11.5 Å². The minimum absolute atomic E-state index is 0.239. The highest BCUT2D eigenvalue weighted by Crippen LogP contribution is 2.45. The number of aromatic nitrogens is 3. The Morgan fingerprint density at radius 1 is 1.26 bits per heavy atom. The van der Waals surface area contributed by atoms with Crippen molar-refractivity contribution in [2.45, 2.75) is 46.3 Å². The van der Waals surface area contributed by atoms with Crippen LogP contribution in [-0.2, 0) is 12.6 Å². The average molecular weight is 495 g/mol. The lowest BCUT2D eigenvalue weighted by molar-refractivity contribution is 0.0821. The average Bonchev–Trinajstić information content (AvgIpc) is 3.41. The maximum absolute atomic E-state index is 12.8. The molecule has 4 heterocycles. The van der Waals surface area contributed by atoms with Crippen molar-refractivity contribution >= 4 is 28.1 Å². The van der Waals surface area contributed by atoms with Gasteiger partial charge in [0.1, 0.15) is 23.1 Å². The van der Waals surface area contributed by atoms with E-state index in [0.717, 1.165) is 32.0 Å². The van der Waals surface area contributed by atoms with E-state index < -0.39 is 5.60 Å². The van der Waals surface area contributed by atoms with Crippen molar-refractivity contribution in [3.8, 4) is 16.2 Å². The minimum atomic E-state index is -1.09. The maximum Gasteiger partial charge on any atom is 0.274 e. The van der Waals surface area contributed by atoms with Gasteiger partial charge in [-0.2, -0.15) is 0 Å². The van der Waals surface area contributed by atoms with Gasteiger partial charge in [-0.15, -0.1) is 11.3 Å². The van der Waals surface area contributed by atoms with Crippen LogP contribution >= 0.6 is 11.3 Å². The fourth-order valence-corrected chi connectivity index (χ4v) is 5.44. The molecule has 184 valence electrons. The second kappa shape index (κ2) is 8.98. The first-order chi connectivity index (χ1) is 16.4. The van der Waals surface area contributed by atoms with Crippen molar-refractivity contribution in [3.63, 3.8) is 0 Å². The fourth-order valence-electron chi connectivity index (χ4n) is 4.32. The van der Waals surface area contributed by atoms with E-state index in [2.05, 4.69) is 15.3 Å². The van der Waals surface area contributed by atoms with Gasteiger partial charge in [0.15, 0.2) is 0 Å². The molecule has 0 spiro atoms. The number of aliphatic hydroxyl groups is 1. The molecule has 0 aliphatic heterocycles. The van der Waals surface area contributed by atoms with Gasteiger partial charge >= 0.3 is 0 Å². The Morgan fingerprint density at radius 3 is 2.51 bits per heavy atom. The zero-order valence-corrected chi connectivity index (χ0v) is 21.8. The van der Waals surface area contributed by atoms with Crippen LogP contribution in [0.3, 0.4) is 0 Å². The van der Waals surface area contributed by atoms with Crippen LogP contribution < -0.4 is 15.6 Å². The molecule has 8 nitrogen and oxygen atoms in total. The van der Waals surface area contributed by atoms with Crippen LogP contribution in [0.15, 0.2) is 35.5 Å². The molecule has 0 saturated carbocycles. The zero-order valence-electron chi connectivity index (χ0n) is 20.9. The number of amides is 1. The second-order valence-corrected chi connectivity index (χ2v) is 10.4. The Hall–Kier alpha value is -3.43. The number of aryl methyl sites for hydroxylation is 3. The van der Waals surface area contributed by atoms with Crippen molar-refractivity contribution in [2.24, 2.45) is 7.05 Å². The smallest absolute Gasteiger partial charge is 0.274 e. The second-order valence-electron chi connectivity index (χ2n) is 9.32. The van der Waals surface area contributed by atoms with E-state index in [0.29, 0.717) is 22.3 Å². The topological polar surface area (TPSA) is 109 Å². The highest BCUT2D eigenvalue weighted by molar-refractivity contribution is 7.16. The predicted octanol–water partition coefficient (Wildman–Crippen LogP) is 4.33. The van der Waals surface area contributed by atoms with Crippen LogP contribution in [0.25, 0.3) is 21.3 Å². The molecule has 4 aromatic rings. The molecule has 35 heavy (non-hydrogen) atoms. The Balaban J connectivity index is 1.93. The largest absolute Gasteiger partial charge is 0.484 e. The molecule has 0 aromatic carbocycles. The number of hydrogen-bond donors (Lipinski definition) is 3. The molecule has 4 rings (SSSR count). The zero-order chi connectivity index (χ0) is 25.7. The molecule has 0 aliphatic carbocycles. The molecule has 0 bridgehead atoms. The summed E-state index contributed by atoms with van der Waals surface area (Å²) in [5.41, 5.74) is 3.15. The van der Waals surface area contributed by atoms with E-state index in [1.165, 1.54) is 23.0 Å². The summed E-state index contributed by atoms with van der Waals surface area (Å²) >= 11 is 1.40. The lowest BCUT2D eigenvalue weighted by atomic mass is 10.0. The third kappa shape index (κ3) is 4.49. The molecule has 4 aromatic heterocycles. The molecule has 0 aliphatic rings. The number of hydrogen-bond acceptors (Lipinski definition) is 6. The number of carbonyl (C=O) groups excluding carboxylic acids is 1. The number of ether oxygens (including phenoxy) is 1. The summed E-state index contributed by atoms with van der Waals surface area (Å²) in [7, 11) is 3.21. The molecule has 0 radical (unpaired) electrons. The Kier molecular flexibility index (Phi) is 6.33. The van der Waals surface area contributed by atoms with Crippen LogP contribution in [0.1, 0.15) is 58.9 Å².